The zero-order chi connectivity index (χ0) is 13.0. The van der Waals surface area contributed by atoms with Gasteiger partial charge in [-0.25, -0.2) is 4.39 Å². The fraction of sp³-hybridized carbons (Fsp3) is 0.188. The highest BCUT2D eigenvalue weighted by Crippen LogP contribution is 2.16. The molecule has 92 valence electrons. The van der Waals surface area contributed by atoms with Crippen LogP contribution in [0.1, 0.15) is 22.8 Å². The van der Waals surface area contributed by atoms with E-state index in [0.29, 0.717) is 17.5 Å². The molecule has 0 fully saturated rings. The van der Waals surface area contributed by atoms with Crippen LogP contribution >= 0.6 is 0 Å². The van der Waals surface area contributed by atoms with E-state index in [9.17, 15) is 9.18 Å². The van der Waals surface area contributed by atoms with E-state index in [1.165, 1.54) is 6.07 Å². The summed E-state index contributed by atoms with van der Waals surface area (Å²) in [5, 5.41) is 0. The summed E-state index contributed by atoms with van der Waals surface area (Å²) in [6.07, 6.45) is 0.431. The third-order valence-corrected chi connectivity index (χ3v) is 2.99. The average Bonchev–Trinajstić information content (AvgIpc) is 2.41. The third kappa shape index (κ3) is 2.83. The Hall–Kier alpha value is -1.96. The molecule has 0 N–H and O–H groups in total. The van der Waals surface area contributed by atoms with Gasteiger partial charge in [0.15, 0.2) is 5.78 Å². The van der Waals surface area contributed by atoms with Gasteiger partial charge in [0.2, 0.25) is 0 Å². The minimum atomic E-state index is -0.245. The fourth-order valence-corrected chi connectivity index (χ4v) is 1.97. The van der Waals surface area contributed by atoms with Crippen LogP contribution in [-0.2, 0) is 6.42 Å². The number of ketones is 1. The largest absolute Gasteiger partial charge is 0.294 e. The Bertz CT molecular complexity index is 534. The molecule has 18 heavy (non-hydrogen) atoms. The van der Waals surface area contributed by atoms with Crippen molar-refractivity contribution in [1.82, 2.24) is 0 Å². The summed E-state index contributed by atoms with van der Waals surface area (Å²) in [7, 11) is 0. The Morgan fingerprint density at radius 3 is 2.33 bits per heavy atom. The van der Waals surface area contributed by atoms with E-state index in [2.05, 4.69) is 0 Å². The van der Waals surface area contributed by atoms with E-state index in [1.54, 1.807) is 30.3 Å². The summed E-state index contributed by atoms with van der Waals surface area (Å²) >= 11 is 0. The van der Waals surface area contributed by atoms with Crippen LogP contribution in [0.3, 0.4) is 0 Å². The molecule has 0 heterocycles. The second-order valence-corrected chi connectivity index (χ2v) is 4.43. The first-order chi connectivity index (χ1) is 8.68. The quantitative estimate of drug-likeness (QED) is 0.743. The van der Waals surface area contributed by atoms with Crippen LogP contribution in [0.25, 0.3) is 0 Å². The number of carbonyl (C=O) groups excluding carboxylic acids is 1. The minimum Gasteiger partial charge on any atom is -0.294 e. The third-order valence-electron chi connectivity index (χ3n) is 2.99. The topological polar surface area (TPSA) is 17.1 Å². The zero-order valence-corrected chi connectivity index (χ0v) is 10.3. The fourth-order valence-electron chi connectivity index (χ4n) is 1.97. The van der Waals surface area contributed by atoms with Crippen LogP contribution in [0, 0.1) is 11.7 Å². The van der Waals surface area contributed by atoms with Crippen molar-refractivity contribution in [3.63, 3.8) is 0 Å². The normalized spacial score (nSPS) is 12.1. The highest BCUT2D eigenvalue weighted by Gasteiger charge is 2.16. The molecule has 0 spiro atoms. The predicted octanol–water partition coefficient (Wildman–Crippen LogP) is 3.89. The molecule has 0 saturated carbocycles. The van der Waals surface area contributed by atoms with Crippen molar-refractivity contribution in [2.24, 2.45) is 5.92 Å². The van der Waals surface area contributed by atoms with Crippen molar-refractivity contribution < 1.29 is 9.18 Å². The van der Waals surface area contributed by atoms with Crippen molar-refractivity contribution >= 4 is 5.78 Å². The number of hydrogen-bond acceptors (Lipinski definition) is 1. The number of hydrogen-bond donors (Lipinski definition) is 0. The molecule has 1 unspecified atom stereocenters. The van der Waals surface area contributed by atoms with Crippen LogP contribution in [0.15, 0.2) is 54.6 Å². The van der Waals surface area contributed by atoms with Gasteiger partial charge in [-0.2, -0.15) is 0 Å². The monoisotopic (exact) mass is 242 g/mol. The Morgan fingerprint density at radius 1 is 1.06 bits per heavy atom. The number of benzene rings is 2. The van der Waals surface area contributed by atoms with Crippen molar-refractivity contribution in [3.8, 4) is 0 Å². The zero-order valence-electron chi connectivity index (χ0n) is 10.3. The molecule has 0 bridgehead atoms. The van der Waals surface area contributed by atoms with Gasteiger partial charge in [-0.05, 0) is 18.1 Å². The van der Waals surface area contributed by atoms with E-state index in [4.69, 9.17) is 0 Å². The average molecular weight is 242 g/mol. The van der Waals surface area contributed by atoms with Gasteiger partial charge in [0.25, 0.3) is 0 Å². The SMILES string of the molecule is CC(Cc1ccccc1F)C(=O)c1ccccc1. The van der Waals surface area contributed by atoms with Crippen molar-refractivity contribution in [3.05, 3.63) is 71.5 Å². The van der Waals surface area contributed by atoms with E-state index < -0.39 is 0 Å². The molecule has 2 aromatic carbocycles. The van der Waals surface area contributed by atoms with Crippen LogP contribution in [0.2, 0.25) is 0 Å². The van der Waals surface area contributed by atoms with Gasteiger partial charge in [0, 0.05) is 11.5 Å². The van der Waals surface area contributed by atoms with Crippen LogP contribution in [0.4, 0.5) is 4.39 Å². The Balaban J connectivity index is 2.11. The molecule has 0 aliphatic heterocycles. The second-order valence-electron chi connectivity index (χ2n) is 4.43. The van der Waals surface area contributed by atoms with Gasteiger partial charge >= 0.3 is 0 Å². The molecule has 0 aromatic heterocycles. The Kier molecular flexibility index (Phi) is 3.88. The molecule has 1 atom stereocenters. The van der Waals surface area contributed by atoms with Gasteiger partial charge in [-0.3, -0.25) is 4.79 Å². The van der Waals surface area contributed by atoms with Crippen molar-refractivity contribution in [2.45, 2.75) is 13.3 Å². The molecule has 0 saturated heterocycles. The van der Waals surface area contributed by atoms with Crippen LogP contribution < -0.4 is 0 Å². The maximum absolute atomic E-state index is 13.5. The number of carbonyl (C=O) groups is 1. The molecule has 1 nitrogen and oxygen atoms in total. The van der Waals surface area contributed by atoms with E-state index >= 15 is 0 Å². The predicted molar refractivity (Wildman–Crippen MR) is 70.0 cm³/mol. The van der Waals surface area contributed by atoms with Crippen LogP contribution in [0.5, 0.6) is 0 Å². The second kappa shape index (κ2) is 5.58. The summed E-state index contributed by atoms with van der Waals surface area (Å²) in [5.74, 6) is -0.409. The molecule has 0 radical (unpaired) electrons. The molecular formula is C16H15FO. The maximum atomic E-state index is 13.5. The first kappa shape index (κ1) is 12.5. The summed E-state index contributed by atoms with van der Waals surface area (Å²) in [6.45, 7) is 1.84. The molecular weight excluding hydrogens is 227 g/mol. The summed E-state index contributed by atoms with van der Waals surface area (Å²) in [5.41, 5.74) is 1.27. The molecule has 0 amide bonds. The Labute approximate surface area is 106 Å². The lowest BCUT2D eigenvalue weighted by Gasteiger charge is -2.11. The maximum Gasteiger partial charge on any atom is 0.165 e. The Morgan fingerprint density at radius 2 is 1.67 bits per heavy atom. The van der Waals surface area contributed by atoms with Crippen LogP contribution in [-0.4, -0.2) is 5.78 Å². The van der Waals surface area contributed by atoms with Gasteiger partial charge in [-0.1, -0.05) is 55.5 Å². The number of halogens is 1. The van der Waals surface area contributed by atoms with E-state index in [-0.39, 0.29) is 17.5 Å². The highest BCUT2D eigenvalue weighted by atomic mass is 19.1. The van der Waals surface area contributed by atoms with Gasteiger partial charge in [0.05, 0.1) is 0 Å². The number of Topliss-reactive ketones (excluding diaryl/α,β-unsaturated/α-hetero) is 1. The van der Waals surface area contributed by atoms with Gasteiger partial charge < -0.3 is 0 Å². The van der Waals surface area contributed by atoms with E-state index in [0.717, 1.165) is 0 Å². The molecule has 2 rings (SSSR count). The van der Waals surface area contributed by atoms with Gasteiger partial charge in [0.1, 0.15) is 5.82 Å². The first-order valence-electron chi connectivity index (χ1n) is 6.01. The summed E-state index contributed by atoms with van der Waals surface area (Å²) in [4.78, 5) is 12.1. The lowest BCUT2D eigenvalue weighted by Crippen LogP contribution is -2.14. The lowest BCUT2D eigenvalue weighted by atomic mass is 9.93. The highest BCUT2D eigenvalue weighted by molar-refractivity contribution is 5.97. The standard InChI is InChI=1S/C16H15FO/c1-12(11-14-9-5-6-10-15(14)17)16(18)13-7-3-2-4-8-13/h2-10,12H,11H2,1H3. The van der Waals surface area contributed by atoms with Crippen molar-refractivity contribution in [1.29, 1.82) is 0 Å². The molecule has 2 aromatic rings. The first-order valence-corrected chi connectivity index (χ1v) is 6.01. The lowest BCUT2D eigenvalue weighted by molar-refractivity contribution is 0.0929. The molecule has 2 heteroatoms. The summed E-state index contributed by atoms with van der Waals surface area (Å²) in [6, 6.07) is 15.7. The molecule has 0 aliphatic rings. The van der Waals surface area contributed by atoms with Crippen molar-refractivity contribution in [2.75, 3.05) is 0 Å². The van der Waals surface area contributed by atoms with E-state index in [1.807, 2.05) is 25.1 Å². The number of rotatable bonds is 4. The smallest absolute Gasteiger partial charge is 0.165 e. The van der Waals surface area contributed by atoms with Gasteiger partial charge in [-0.15, -0.1) is 0 Å². The molecule has 0 aliphatic carbocycles. The minimum absolute atomic E-state index is 0.0545. The summed E-state index contributed by atoms with van der Waals surface area (Å²) < 4.78 is 13.5.